The summed E-state index contributed by atoms with van der Waals surface area (Å²) in [7, 11) is 6.62. The van der Waals surface area contributed by atoms with Crippen LogP contribution >= 0.6 is 0 Å². The van der Waals surface area contributed by atoms with Crippen molar-refractivity contribution in [1.29, 1.82) is 0 Å². The van der Waals surface area contributed by atoms with Crippen LogP contribution in [0.15, 0.2) is 47.5 Å². The fraction of sp³-hybridized carbons (Fsp3) is 0.364. The van der Waals surface area contributed by atoms with Gasteiger partial charge in [0.2, 0.25) is 0 Å². The predicted octanol–water partition coefficient (Wildman–Crippen LogP) is 4.84. The number of benzene rings is 2. The Morgan fingerprint density at radius 2 is 0.923 bits per heavy atom. The molecule has 0 fully saturated rings. The van der Waals surface area contributed by atoms with E-state index in [-0.39, 0.29) is 0 Å². The van der Waals surface area contributed by atoms with Gasteiger partial charge in [0.25, 0.3) is 0 Å². The standard InChI is InChI=1S/C22H28O4/c1-15(11-17-7-9-19(23-3)21(13-17)25-5)16(2)12-18-8-10-20(24-4)22(14-18)26-6/h7-10,13-14H,11-12H2,1-6H3/b16-15+. The molecule has 0 aliphatic heterocycles. The first kappa shape index (κ1) is 19.7. The smallest absolute Gasteiger partial charge is 0.160 e. The Morgan fingerprint density at radius 3 is 1.23 bits per heavy atom. The number of hydrogen-bond acceptors (Lipinski definition) is 4. The van der Waals surface area contributed by atoms with Crippen molar-refractivity contribution < 1.29 is 18.9 Å². The SMILES string of the molecule is COc1ccc(C/C(C)=C(\C)Cc2ccc(OC)c(OC)c2)cc1OC. The zero-order chi connectivity index (χ0) is 19.1. The van der Waals surface area contributed by atoms with Crippen molar-refractivity contribution in [3.63, 3.8) is 0 Å². The van der Waals surface area contributed by atoms with Crippen molar-refractivity contribution >= 4 is 0 Å². The average molecular weight is 356 g/mol. The highest BCUT2D eigenvalue weighted by Crippen LogP contribution is 2.30. The minimum atomic E-state index is 0.750. The van der Waals surface area contributed by atoms with Gasteiger partial charge in [0, 0.05) is 0 Å². The molecule has 0 heterocycles. The van der Waals surface area contributed by atoms with Crippen LogP contribution in [-0.4, -0.2) is 28.4 Å². The van der Waals surface area contributed by atoms with Crippen LogP contribution in [0.3, 0.4) is 0 Å². The third-order valence-electron chi connectivity index (χ3n) is 4.56. The quantitative estimate of drug-likeness (QED) is 0.634. The second-order valence-electron chi connectivity index (χ2n) is 6.29. The summed E-state index contributed by atoms with van der Waals surface area (Å²) in [6, 6.07) is 12.1. The molecule has 0 atom stereocenters. The Bertz CT molecular complexity index is 712. The Kier molecular flexibility index (Phi) is 6.96. The number of hydrogen-bond donors (Lipinski definition) is 0. The highest BCUT2D eigenvalue weighted by molar-refractivity contribution is 5.45. The molecular formula is C22H28O4. The van der Waals surface area contributed by atoms with Crippen LogP contribution in [0.2, 0.25) is 0 Å². The van der Waals surface area contributed by atoms with E-state index in [4.69, 9.17) is 18.9 Å². The molecule has 0 saturated heterocycles. The van der Waals surface area contributed by atoms with Crippen molar-refractivity contribution in [3.05, 3.63) is 58.7 Å². The minimum Gasteiger partial charge on any atom is -0.493 e. The van der Waals surface area contributed by atoms with Gasteiger partial charge >= 0.3 is 0 Å². The summed E-state index contributed by atoms with van der Waals surface area (Å²) < 4.78 is 21.4. The number of allylic oxidation sites excluding steroid dienone is 2. The molecule has 2 rings (SSSR count). The molecule has 0 radical (unpaired) electrons. The third-order valence-corrected chi connectivity index (χ3v) is 4.56. The Morgan fingerprint density at radius 1 is 0.577 bits per heavy atom. The van der Waals surface area contributed by atoms with E-state index >= 15 is 0 Å². The molecule has 4 nitrogen and oxygen atoms in total. The van der Waals surface area contributed by atoms with E-state index in [1.807, 2.05) is 24.3 Å². The van der Waals surface area contributed by atoms with Crippen molar-refractivity contribution in [1.82, 2.24) is 0 Å². The van der Waals surface area contributed by atoms with Gasteiger partial charge in [0.05, 0.1) is 28.4 Å². The van der Waals surface area contributed by atoms with E-state index in [1.54, 1.807) is 28.4 Å². The summed E-state index contributed by atoms with van der Waals surface area (Å²) in [6.45, 7) is 4.35. The lowest BCUT2D eigenvalue weighted by atomic mass is 9.97. The van der Waals surface area contributed by atoms with Crippen molar-refractivity contribution in [2.45, 2.75) is 26.7 Å². The summed E-state index contributed by atoms with van der Waals surface area (Å²) in [5.41, 5.74) is 5.08. The van der Waals surface area contributed by atoms with Gasteiger partial charge in [-0.25, -0.2) is 0 Å². The van der Waals surface area contributed by atoms with E-state index in [2.05, 4.69) is 26.0 Å². The van der Waals surface area contributed by atoms with Gasteiger partial charge in [-0.2, -0.15) is 0 Å². The van der Waals surface area contributed by atoms with Crippen LogP contribution in [0.4, 0.5) is 0 Å². The van der Waals surface area contributed by atoms with Crippen LogP contribution in [0.25, 0.3) is 0 Å². The summed E-state index contributed by atoms with van der Waals surface area (Å²) >= 11 is 0. The second kappa shape index (κ2) is 9.18. The summed E-state index contributed by atoms with van der Waals surface area (Å²) in [5, 5.41) is 0. The molecule has 0 N–H and O–H groups in total. The molecule has 0 bridgehead atoms. The molecule has 4 heteroatoms. The molecule has 0 saturated carbocycles. The van der Waals surface area contributed by atoms with Gasteiger partial charge in [-0.15, -0.1) is 0 Å². The van der Waals surface area contributed by atoms with Crippen LogP contribution in [-0.2, 0) is 12.8 Å². The topological polar surface area (TPSA) is 36.9 Å². The number of ether oxygens (including phenoxy) is 4. The molecule has 0 amide bonds. The second-order valence-corrected chi connectivity index (χ2v) is 6.29. The molecule has 0 spiro atoms. The molecule has 0 aliphatic rings. The van der Waals surface area contributed by atoms with Crippen LogP contribution in [0, 0.1) is 0 Å². The van der Waals surface area contributed by atoms with E-state index < -0.39 is 0 Å². The van der Waals surface area contributed by atoms with Gasteiger partial charge < -0.3 is 18.9 Å². The van der Waals surface area contributed by atoms with Gasteiger partial charge in [0.1, 0.15) is 0 Å². The largest absolute Gasteiger partial charge is 0.493 e. The Labute approximate surface area is 156 Å². The van der Waals surface area contributed by atoms with Crippen LogP contribution < -0.4 is 18.9 Å². The number of rotatable bonds is 8. The molecule has 2 aromatic rings. The predicted molar refractivity (Wildman–Crippen MR) is 105 cm³/mol. The zero-order valence-electron chi connectivity index (χ0n) is 16.5. The van der Waals surface area contributed by atoms with Crippen molar-refractivity contribution in [3.8, 4) is 23.0 Å². The molecule has 2 aromatic carbocycles. The maximum atomic E-state index is 5.40. The summed E-state index contributed by atoms with van der Waals surface area (Å²) in [5.74, 6) is 3.02. The lowest BCUT2D eigenvalue weighted by Gasteiger charge is -2.13. The average Bonchev–Trinajstić information content (AvgIpc) is 2.67. The van der Waals surface area contributed by atoms with E-state index in [9.17, 15) is 0 Å². The van der Waals surface area contributed by atoms with Crippen molar-refractivity contribution in [2.24, 2.45) is 0 Å². The van der Waals surface area contributed by atoms with Crippen LogP contribution in [0.5, 0.6) is 23.0 Å². The van der Waals surface area contributed by atoms with E-state index in [0.717, 1.165) is 35.8 Å². The maximum Gasteiger partial charge on any atom is 0.160 e. The molecule has 0 aromatic heterocycles. The highest BCUT2D eigenvalue weighted by atomic mass is 16.5. The van der Waals surface area contributed by atoms with Gasteiger partial charge in [-0.3, -0.25) is 0 Å². The van der Waals surface area contributed by atoms with Crippen LogP contribution in [0.1, 0.15) is 25.0 Å². The zero-order valence-corrected chi connectivity index (χ0v) is 16.5. The Hall–Kier alpha value is -2.62. The van der Waals surface area contributed by atoms with Crippen molar-refractivity contribution in [2.75, 3.05) is 28.4 Å². The fourth-order valence-electron chi connectivity index (χ4n) is 2.90. The lowest BCUT2D eigenvalue weighted by molar-refractivity contribution is 0.354. The molecule has 26 heavy (non-hydrogen) atoms. The van der Waals surface area contributed by atoms with Gasteiger partial charge in [0.15, 0.2) is 23.0 Å². The van der Waals surface area contributed by atoms with E-state index in [0.29, 0.717) is 0 Å². The molecule has 0 unspecified atom stereocenters. The number of methoxy groups -OCH3 is 4. The lowest BCUT2D eigenvalue weighted by Crippen LogP contribution is -1.98. The molecule has 140 valence electrons. The fourth-order valence-corrected chi connectivity index (χ4v) is 2.90. The minimum absolute atomic E-state index is 0.750. The highest BCUT2D eigenvalue weighted by Gasteiger charge is 2.08. The first-order chi connectivity index (χ1) is 12.5. The third kappa shape index (κ3) is 4.72. The maximum absolute atomic E-state index is 5.40. The Balaban J connectivity index is 2.16. The monoisotopic (exact) mass is 356 g/mol. The van der Waals surface area contributed by atoms with E-state index in [1.165, 1.54) is 22.3 Å². The molecular weight excluding hydrogens is 328 g/mol. The molecule has 0 aliphatic carbocycles. The summed E-state index contributed by atoms with van der Waals surface area (Å²) in [6.07, 6.45) is 1.75. The summed E-state index contributed by atoms with van der Waals surface area (Å²) in [4.78, 5) is 0. The first-order valence-electron chi connectivity index (χ1n) is 8.59. The van der Waals surface area contributed by atoms with Gasteiger partial charge in [-0.1, -0.05) is 23.3 Å². The first-order valence-corrected chi connectivity index (χ1v) is 8.59. The normalized spacial score (nSPS) is 11.6. The van der Waals surface area contributed by atoms with Gasteiger partial charge in [-0.05, 0) is 62.1 Å².